The van der Waals surface area contributed by atoms with Gasteiger partial charge in [-0.15, -0.1) is 0 Å². The molecule has 0 aliphatic heterocycles. The summed E-state index contributed by atoms with van der Waals surface area (Å²) in [4.78, 5) is 5.09. The van der Waals surface area contributed by atoms with Crippen molar-refractivity contribution in [1.82, 2.24) is 4.98 Å². The molecule has 0 unspecified atom stereocenters. The molecule has 0 spiro atoms. The van der Waals surface area contributed by atoms with Crippen LogP contribution in [0.15, 0.2) is 0 Å². The summed E-state index contributed by atoms with van der Waals surface area (Å²) in [5.74, 6) is 2.44. The van der Waals surface area contributed by atoms with Crippen molar-refractivity contribution >= 4 is 0 Å². The van der Waals surface area contributed by atoms with Crippen LogP contribution in [-0.4, -0.2) is 4.98 Å². The van der Waals surface area contributed by atoms with Crippen LogP contribution in [0, 0.1) is 47.3 Å². The van der Waals surface area contributed by atoms with Crippen LogP contribution in [0.4, 0.5) is 0 Å². The number of nitriles is 2. The Morgan fingerprint density at radius 3 is 1.80 bits per heavy atom. The first-order valence-corrected chi connectivity index (χ1v) is 9.63. The van der Waals surface area contributed by atoms with E-state index in [0.717, 1.165) is 34.7 Å². The maximum absolute atomic E-state index is 9.92. The SMILES string of the molecule is Cc1c(C#N)c(C(C)(C)C)nc(C23CC4CC(CC(C4)C2)C3)c1C#N. The Kier molecular flexibility index (Phi) is 3.52. The fraction of sp³-hybridized carbons (Fsp3) is 0.682. The van der Waals surface area contributed by atoms with Gasteiger partial charge in [0, 0.05) is 10.8 Å². The molecule has 3 heteroatoms. The van der Waals surface area contributed by atoms with Crippen LogP contribution >= 0.6 is 0 Å². The number of aromatic nitrogens is 1. The van der Waals surface area contributed by atoms with Crippen molar-refractivity contribution < 1.29 is 0 Å². The minimum absolute atomic E-state index is 0.0819. The largest absolute Gasteiger partial charge is 0.254 e. The summed E-state index contributed by atoms with van der Waals surface area (Å²) in [5, 5.41) is 19.6. The van der Waals surface area contributed by atoms with Gasteiger partial charge in [0.15, 0.2) is 0 Å². The Bertz CT molecular complexity index is 778. The Morgan fingerprint density at radius 1 is 0.920 bits per heavy atom. The van der Waals surface area contributed by atoms with E-state index in [4.69, 9.17) is 4.98 Å². The topological polar surface area (TPSA) is 60.5 Å². The smallest absolute Gasteiger partial charge is 0.101 e. The summed E-state index contributed by atoms with van der Waals surface area (Å²) in [5.41, 5.74) is 3.92. The molecule has 4 bridgehead atoms. The fourth-order valence-corrected chi connectivity index (χ4v) is 6.30. The van der Waals surface area contributed by atoms with Crippen molar-refractivity contribution in [3.63, 3.8) is 0 Å². The van der Waals surface area contributed by atoms with Gasteiger partial charge in [0.1, 0.15) is 12.1 Å². The van der Waals surface area contributed by atoms with Crippen molar-refractivity contribution in [2.45, 2.75) is 77.0 Å². The maximum atomic E-state index is 9.92. The molecule has 0 N–H and O–H groups in total. The summed E-state index contributed by atoms with van der Waals surface area (Å²) in [6.45, 7) is 8.29. The summed E-state index contributed by atoms with van der Waals surface area (Å²) in [7, 11) is 0. The van der Waals surface area contributed by atoms with Gasteiger partial charge in [0.05, 0.1) is 22.5 Å². The zero-order chi connectivity index (χ0) is 18.0. The second-order valence-corrected chi connectivity index (χ2v) is 9.86. The van der Waals surface area contributed by atoms with Crippen LogP contribution in [0.3, 0.4) is 0 Å². The molecule has 0 aromatic carbocycles. The lowest BCUT2D eigenvalue weighted by Gasteiger charge is -2.56. The minimum atomic E-state index is -0.194. The van der Waals surface area contributed by atoms with E-state index in [1.165, 1.54) is 38.5 Å². The molecule has 25 heavy (non-hydrogen) atoms. The van der Waals surface area contributed by atoms with Crippen molar-refractivity contribution in [3.8, 4) is 12.1 Å². The summed E-state index contributed by atoms with van der Waals surface area (Å²) in [6, 6.07) is 4.76. The predicted molar refractivity (Wildman–Crippen MR) is 97.0 cm³/mol. The number of nitrogens with zero attached hydrogens (tertiary/aromatic N) is 3. The molecule has 0 saturated heterocycles. The Labute approximate surface area is 151 Å². The van der Waals surface area contributed by atoms with E-state index in [2.05, 4.69) is 32.9 Å². The molecular weight excluding hydrogens is 306 g/mol. The molecule has 130 valence electrons. The molecule has 0 amide bonds. The minimum Gasteiger partial charge on any atom is -0.254 e. The highest BCUT2D eigenvalue weighted by molar-refractivity contribution is 5.55. The molecule has 3 nitrogen and oxygen atoms in total. The van der Waals surface area contributed by atoms with Gasteiger partial charge in [-0.2, -0.15) is 10.5 Å². The van der Waals surface area contributed by atoms with E-state index in [1.54, 1.807) is 0 Å². The number of rotatable bonds is 1. The lowest BCUT2D eigenvalue weighted by atomic mass is 9.48. The third kappa shape index (κ3) is 2.40. The van der Waals surface area contributed by atoms with Gasteiger partial charge in [0.2, 0.25) is 0 Å². The van der Waals surface area contributed by atoms with E-state index in [0.29, 0.717) is 11.1 Å². The maximum Gasteiger partial charge on any atom is 0.101 e. The molecule has 4 aliphatic rings. The van der Waals surface area contributed by atoms with Gasteiger partial charge in [-0.25, -0.2) is 0 Å². The second kappa shape index (κ2) is 5.31. The van der Waals surface area contributed by atoms with E-state index in [1.807, 2.05) is 6.92 Å². The van der Waals surface area contributed by atoms with Gasteiger partial charge >= 0.3 is 0 Å². The summed E-state index contributed by atoms with van der Waals surface area (Å²) >= 11 is 0. The average molecular weight is 333 g/mol. The Hall–Kier alpha value is -1.87. The lowest BCUT2D eigenvalue weighted by molar-refractivity contribution is -0.00750. The molecule has 5 rings (SSSR count). The van der Waals surface area contributed by atoms with Crippen molar-refractivity contribution in [1.29, 1.82) is 10.5 Å². The molecule has 4 aliphatic carbocycles. The first-order valence-electron chi connectivity index (χ1n) is 9.63. The predicted octanol–water partition coefficient (Wildman–Crippen LogP) is 4.90. The Morgan fingerprint density at radius 2 is 1.40 bits per heavy atom. The zero-order valence-electron chi connectivity index (χ0n) is 15.8. The van der Waals surface area contributed by atoms with Crippen LogP contribution < -0.4 is 0 Å². The highest BCUT2D eigenvalue weighted by Crippen LogP contribution is 2.61. The van der Waals surface area contributed by atoms with Crippen LogP contribution in [0.1, 0.15) is 87.4 Å². The normalized spacial score (nSPS) is 33.1. The molecule has 4 fully saturated rings. The highest BCUT2D eigenvalue weighted by Gasteiger charge is 2.53. The van der Waals surface area contributed by atoms with Crippen molar-refractivity contribution in [2.75, 3.05) is 0 Å². The van der Waals surface area contributed by atoms with Gasteiger partial charge in [-0.1, -0.05) is 20.8 Å². The second-order valence-electron chi connectivity index (χ2n) is 9.86. The molecule has 0 atom stereocenters. The monoisotopic (exact) mass is 333 g/mol. The van der Waals surface area contributed by atoms with Gasteiger partial charge in [0.25, 0.3) is 0 Å². The highest BCUT2D eigenvalue weighted by atomic mass is 14.8. The summed E-state index contributed by atoms with van der Waals surface area (Å²) < 4.78 is 0. The van der Waals surface area contributed by atoms with E-state index in [9.17, 15) is 10.5 Å². The van der Waals surface area contributed by atoms with Crippen LogP contribution in [0.25, 0.3) is 0 Å². The quantitative estimate of drug-likeness (QED) is 0.734. The van der Waals surface area contributed by atoms with Gasteiger partial charge < -0.3 is 0 Å². The molecule has 4 saturated carbocycles. The third-order valence-corrected chi connectivity index (χ3v) is 6.92. The summed E-state index contributed by atoms with van der Waals surface area (Å²) in [6.07, 6.45) is 7.70. The Balaban J connectivity index is 1.95. The van der Waals surface area contributed by atoms with Crippen LogP contribution in [0.5, 0.6) is 0 Å². The third-order valence-electron chi connectivity index (χ3n) is 6.92. The van der Waals surface area contributed by atoms with Crippen LogP contribution in [0.2, 0.25) is 0 Å². The fourth-order valence-electron chi connectivity index (χ4n) is 6.30. The number of hydrogen-bond donors (Lipinski definition) is 0. The van der Waals surface area contributed by atoms with Gasteiger partial charge in [-0.3, -0.25) is 4.98 Å². The molecule has 1 aromatic rings. The first kappa shape index (κ1) is 16.6. The first-order chi connectivity index (χ1) is 11.8. The standard InChI is InChI=1S/C22H27N3/c1-13-17(11-23)19(21(2,3)4)25-20(18(13)12-24)22-8-14-5-15(9-22)7-16(6-14)10-22/h14-16H,5-10H2,1-4H3. The lowest BCUT2D eigenvalue weighted by Crippen LogP contribution is -2.49. The molecular formula is C22H27N3. The molecule has 0 radical (unpaired) electrons. The van der Waals surface area contributed by atoms with Crippen LogP contribution in [-0.2, 0) is 10.8 Å². The van der Waals surface area contributed by atoms with Gasteiger partial charge in [-0.05, 0) is 68.8 Å². The average Bonchev–Trinajstić information content (AvgIpc) is 2.51. The molecule has 1 heterocycles. The van der Waals surface area contributed by atoms with E-state index in [-0.39, 0.29) is 10.8 Å². The van der Waals surface area contributed by atoms with Crippen molar-refractivity contribution in [2.24, 2.45) is 17.8 Å². The molecule has 1 aromatic heterocycles. The number of hydrogen-bond acceptors (Lipinski definition) is 3. The van der Waals surface area contributed by atoms with Crippen molar-refractivity contribution in [3.05, 3.63) is 28.1 Å². The number of pyridine rings is 1. The zero-order valence-corrected chi connectivity index (χ0v) is 15.8. The van der Waals surface area contributed by atoms with E-state index < -0.39 is 0 Å². The van der Waals surface area contributed by atoms with E-state index >= 15 is 0 Å².